The predicted molar refractivity (Wildman–Crippen MR) is 133 cm³/mol. The number of nitrogens with zero attached hydrogens (tertiary/aromatic N) is 2. The summed E-state index contributed by atoms with van der Waals surface area (Å²) in [4.78, 5) is 38.6. The Morgan fingerprint density at radius 2 is 1.89 bits per heavy atom. The number of rotatable bonds is 8. The lowest BCUT2D eigenvalue weighted by molar-refractivity contribution is -0.384. The minimum atomic E-state index is -4.01. The first-order chi connectivity index (χ1) is 17.1. The van der Waals surface area contributed by atoms with Gasteiger partial charge in [0.2, 0.25) is 9.84 Å². The molecule has 0 fully saturated rings. The number of methoxy groups -OCH3 is 1. The van der Waals surface area contributed by atoms with E-state index in [0.717, 1.165) is 41.8 Å². The first-order valence-corrected chi connectivity index (χ1v) is 13.3. The third-order valence-electron chi connectivity index (χ3n) is 4.71. The lowest BCUT2D eigenvalue weighted by Gasteiger charge is -2.04. The molecule has 0 radical (unpaired) electrons. The lowest BCUT2D eigenvalue weighted by atomic mass is 10.2. The molecule has 4 rings (SSSR count). The summed E-state index contributed by atoms with van der Waals surface area (Å²) in [6, 6.07) is 9.50. The van der Waals surface area contributed by atoms with Gasteiger partial charge in [-0.3, -0.25) is 20.2 Å². The van der Waals surface area contributed by atoms with Gasteiger partial charge in [0.1, 0.15) is 14.8 Å². The fourth-order valence-corrected chi connectivity index (χ4v) is 6.84. The zero-order valence-corrected chi connectivity index (χ0v) is 21.3. The molecule has 15 heteroatoms. The van der Waals surface area contributed by atoms with E-state index in [4.69, 9.17) is 21.1 Å². The summed E-state index contributed by atoms with van der Waals surface area (Å²) in [5.41, 5.74) is -0.252. The zero-order valence-electron chi connectivity index (χ0n) is 18.1. The van der Waals surface area contributed by atoms with Crippen LogP contribution in [0.5, 0.6) is 5.75 Å². The van der Waals surface area contributed by atoms with Gasteiger partial charge in [-0.15, -0.1) is 11.3 Å². The van der Waals surface area contributed by atoms with Gasteiger partial charge in [-0.2, -0.15) is 0 Å². The van der Waals surface area contributed by atoms with Crippen molar-refractivity contribution in [2.45, 2.75) is 9.10 Å². The van der Waals surface area contributed by atoms with E-state index in [1.807, 2.05) is 0 Å². The van der Waals surface area contributed by atoms with Crippen molar-refractivity contribution in [1.82, 2.24) is 4.98 Å². The summed E-state index contributed by atoms with van der Waals surface area (Å²) in [5.74, 6) is -0.940. The van der Waals surface area contributed by atoms with Crippen LogP contribution in [0.2, 0.25) is 5.02 Å². The van der Waals surface area contributed by atoms with Crippen molar-refractivity contribution in [1.29, 1.82) is 0 Å². The Morgan fingerprint density at radius 3 is 2.56 bits per heavy atom. The molecule has 1 N–H and O–H groups in total. The van der Waals surface area contributed by atoms with Crippen molar-refractivity contribution in [3.8, 4) is 5.75 Å². The zero-order chi connectivity index (χ0) is 26.0. The van der Waals surface area contributed by atoms with Gasteiger partial charge in [0, 0.05) is 22.2 Å². The highest BCUT2D eigenvalue weighted by atomic mass is 35.5. The molecule has 0 saturated carbocycles. The number of hydrogen-bond donors (Lipinski definition) is 1. The van der Waals surface area contributed by atoms with Crippen LogP contribution >= 0.6 is 34.3 Å². The first kappa shape index (κ1) is 25.5. The van der Waals surface area contributed by atoms with Crippen molar-refractivity contribution >= 4 is 76.9 Å². The first-order valence-electron chi connectivity index (χ1n) is 9.78. The molecule has 11 nitrogen and oxygen atoms in total. The molecule has 2 heterocycles. The summed E-state index contributed by atoms with van der Waals surface area (Å²) in [5, 5.41) is 13.9. The van der Waals surface area contributed by atoms with Gasteiger partial charge in [0.05, 0.1) is 28.1 Å². The van der Waals surface area contributed by atoms with Crippen LogP contribution in [-0.4, -0.2) is 43.9 Å². The Hall–Kier alpha value is -3.59. The molecule has 0 saturated heterocycles. The third kappa shape index (κ3) is 5.16. The summed E-state index contributed by atoms with van der Waals surface area (Å²) in [6.45, 7) is -0.656. The molecule has 36 heavy (non-hydrogen) atoms. The molecule has 0 aliphatic heterocycles. The van der Waals surface area contributed by atoms with Crippen LogP contribution in [0.25, 0.3) is 10.1 Å². The molecule has 0 bridgehead atoms. The number of thiazole rings is 1. The van der Waals surface area contributed by atoms with E-state index < -0.39 is 33.2 Å². The van der Waals surface area contributed by atoms with E-state index >= 15 is 0 Å². The van der Waals surface area contributed by atoms with Gasteiger partial charge in [-0.05, 0) is 30.3 Å². The summed E-state index contributed by atoms with van der Waals surface area (Å²) >= 11 is 8.05. The number of nitrogens with one attached hydrogen (secondary N) is 1. The number of ether oxygens (including phenoxy) is 2. The number of nitro benzene ring substituents is 1. The number of nitro groups is 1. The van der Waals surface area contributed by atoms with Crippen LogP contribution in [0.15, 0.2) is 57.8 Å². The SMILES string of the molecule is COc1ccc2c(Cl)c(C(=O)OCC(=O)Nc3ncc(S(=O)(=O)c4ccc([N+](=O)[O-])cc4)s3)sc2c1. The second kappa shape index (κ2) is 10.2. The average Bonchev–Trinajstić information content (AvgIpc) is 3.47. The number of anilines is 1. The van der Waals surface area contributed by atoms with Gasteiger partial charge in [0.15, 0.2) is 11.7 Å². The van der Waals surface area contributed by atoms with E-state index in [2.05, 4.69) is 10.3 Å². The van der Waals surface area contributed by atoms with Gasteiger partial charge in [0.25, 0.3) is 11.6 Å². The van der Waals surface area contributed by atoms with Crippen LogP contribution in [0.4, 0.5) is 10.8 Å². The topological polar surface area (TPSA) is 155 Å². The molecule has 186 valence electrons. The maximum absolute atomic E-state index is 12.7. The molecular weight excluding hydrogens is 554 g/mol. The van der Waals surface area contributed by atoms with E-state index in [0.29, 0.717) is 27.2 Å². The summed E-state index contributed by atoms with van der Waals surface area (Å²) < 4.78 is 36.2. The number of carbonyl (C=O) groups is 2. The fourth-order valence-electron chi connectivity index (χ4n) is 2.96. The molecule has 1 amide bonds. The minimum Gasteiger partial charge on any atom is -0.497 e. The Kier molecular flexibility index (Phi) is 7.21. The number of thiophene rings is 1. The van der Waals surface area contributed by atoms with Crippen LogP contribution < -0.4 is 10.1 Å². The number of esters is 1. The summed E-state index contributed by atoms with van der Waals surface area (Å²) in [6.07, 6.45) is 1.05. The number of aromatic nitrogens is 1. The normalized spacial score (nSPS) is 11.3. The number of non-ortho nitro benzene ring substituents is 1. The second-order valence-electron chi connectivity index (χ2n) is 6.97. The average molecular weight is 568 g/mol. The number of sulfone groups is 1. The smallest absolute Gasteiger partial charge is 0.350 e. The summed E-state index contributed by atoms with van der Waals surface area (Å²) in [7, 11) is -2.49. The molecule has 0 aliphatic carbocycles. The van der Waals surface area contributed by atoms with E-state index in [-0.39, 0.29) is 29.8 Å². The highest BCUT2D eigenvalue weighted by Gasteiger charge is 2.23. The Bertz CT molecular complexity index is 1600. The quantitative estimate of drug-likeness (QED) is 0.183. The third-order valence-corrected chi connectivity index (χ3v) is 9.49. The number of hydrogen-bond acceptors (Lipinski definition) is 11. The molecule has 2 aromatic heterocycles. The Balaban J connectivity index is 1.39. The maximum Gasteiger partial charge on any atom is 0.350 e. The second-order valence-corrected chi connectivity index (χ2v) is 11.6. The molecule has 0 spiro atoms. The van der Waals surface area contributed by atoms with E-state index in [9.17, 15) is 28.1 Å². The van der Waals surface area contributed by atoms with Crippen LogP contribution in [0.3, 0.4) is 0 Å². The van der Waals surface area contributed by atoms with Crippen molar-refractivity contribution in [2.75, 3.05) is 19.0 Å². The van der Waals surface area contributed by atoms with Gasteiger partial charge < -0.3 is 9.47 Å². The van der Waals surface area contributed by atoms with E-state index in [1.165, 1.54) is 7.11 Å². The highest BCUT2D eigenvalue weighted by molar-refractivity contribution is 7.93. The fraction of sp³-hybridized carbons (Fsp3) is 0.0952. The highest BCUT2D eigenvalue weighted by Crippen LogP contribution is 2.37. The van der Waals surface area contributed by atoms with Crippen molar-refractivity contribution in [2.24, 2.45) is 0 Å². The molecule has 2 aromatic carbocycles. The Morgan fingerprint density at radius 1 is 1.17 bits per heavy atom. The van der Waals surface area contributed by atoms with Crippen LogP contribution in [0, 0.1) is 10.1 Å². The molecule has 0 atom stereocenters. The van der Waals surface area contributed by atoms with Crippen LogP contribution in [0.1, 0.15) is 9.67 Å². The minimum absolute atomic E-state index is 0.0384. The van der Waals surface area contributed by atoms with Crippen LogP contribution in [-0.2, 0) is 19.4 Å². The monoisotopic (exact) mass is 567 g/mol. The number of halogens is 1. The van der Waals surface area contributed by atoms with Crippen molar-refractivity contribution in [3.05, 3.63) is 68.7 Å². The van der Waals surface area contributed by atoms with Gasteiger partial charge in [-0.25, -0.2) is 18.2 Å². The molecular formula is C21H14ClN3O8S3. The molecule has 0 aliphatic rings. The predicted octanol–water partition coefficient (Wildman–Crippen LogP) is 4.56. The van der Waals surface area contributed by atoms with E-state index in [1.54, 1.807) is 18.2 Å². The molecule has 0 unspecified atom stereocenters. The number of benzene rings is 2. The number of fused-ring (bicyclic) bond motifs is 1. The number of amides is 1. The van der Waals surface area contributed by atoms with Crippen molar-refractivity contribution < 1.29 is 32.4 Å². The number of carbonyl (C=O) groups excluding carboxylic acids is 2. The molecule has 4 aromatic rings. The van der Waals surface area contributed by atoms with Gasteiger partial charge >= 0.3 is 5.97 Å². The standard InChI is InChI=1S/C21H14ClN3O8S3/c1-32-12-4-7-14-15(8-12)34-19(18(14)22)20(27)33-10-16(26)24-21-23-9-17(35-21)36(30,31)13-5-2-11(3-6-13)25(28)29/h2-9H,10H2,1H3,(H,23,24,26). The Labute approximate surface area is 216 Å². The largest absolute Gasteiger partial charge is 0.497 e. The maximum atomic E-state index is 12.7. The van der Waals surface area contributed by atoms with Gasteiger partial charge in [-0.1, -0.05) is 22.9 Å². The van der Waals surface area contributed by atoms with Crippen molar-refractivity contribution in [3.63, 3.8) is 0 Å². The lowest BCUT2D eigenvalue weighted by Crippen LogP contribution is -2.20.